The fraction of sp³-hybridized carbons (Fsp3) is 0.125. The summed E-state index contributed by atoms with van der Waals surface area (Å²) in [5, 5.41) is 8.60. The average Bonchev–Trinajstić information content (AvgIpc) is 3.22. The van der Waals surface area contributed by atoms with Gasteiger partial charge in [0.25, 0.3) is 0 Å². The number of nitrogens with zero attached hydrogens (tertiary/aromatic N) is 3. The van der Waals surface area contributed by atoms with Gasteiger partial charge in [-0.3, -0.25) is 4.57 Å². The first kappa shape index (κ1) is 14.1. The molecule has 1 aliphatic rings. The van der Waals surface area contributed by atoms with Crippen LogP contribution in [0.1, 0.15) is 5.56 Å². The van der Waals surface area contributed by atoms with E-state index in [2.05, 4.69) is 10.2 Å². The molecule has 3 aromatic rings. The molecule has 4 rings (SSSR count). The van der Waals surface area contributed by atoms with E-state index in [9.17, 15) is 4.39 Å². The van der Waals surface area contributed by atoms with E-state index in [0.717, 1.165) is 17.1 Å². The molecule has 0 saturated carbocycles. The Bertz CT molecular complexity index is 853. The summed E-state index contributed by atoms with van der Waals surface area (Å²) in [5.41, 5.74) is 1.51. The monoisotopic (exact) mass is 329 g/mol. The zero-order valence-electron chi connectivity index (χ0n) is 12.0. The van der Waals surface area contributed by atoms with Gasteiger partial charge in [0, 0.05) is 5.75 Å². The molecule has 0 amide bonds. The van der Waals surface area contributed by atoms with Gasteiger partial charge in [-0.15, -0.1) is 10.2 Å². The lowest BCUT2D eigenvalue weighted by Crippen LogP contribution is -1.98. The van der Waals surface area contributed by atoms with Crippen molar-refractivity contribution in [3.8, 4) is 17.2 Å². The Labute approximate surface area is 136 Å². The summed E-state index contributed by atoms with van der Waals surface area (Å²) in [4.78, 5) is 0. The minimum Gasteiger partial charge on any atom is -0.454 e. The highest BCUT2D eigenvalue weighted by atomic mass is 32.2. The van der Waals surface area contributed by atoms with Crippen LogP contribution < -0.4 is 9.47 Å². The third-order valence-electron chi connectivity index (χ3n) is 3.43. The summed E-state index contributed by atoms with van der Waals surface area (Å²) in [6.45, 7) is 0.257. The molecule has 0 unspecified atom stereocenters. The van der Waals surface area contributed by atoms with Crippen molar-refractivity contribution in [2.75, 3.05) is 6.79 Å². The Morgan fingerprint density at radius 2 is 2.00 bits per heavy atom. The van der Waals surface area contributed by atoms with Crippen LogP contribution in [-0.2, 0) is 5.75 Å². The van der Waals surface area contributed by atoms with E-state index in [4.69, 9.17) is 9.47 Å². The van der Waals surface area contributed by atoms with Gasteiger partial charge in [-0.05, 0) is 29.8 Å². The highest BCUT2D eigenvalue weighted by Crippen LogP contribution is 2.34. The average molecular weight is 329 g/mol. The van der Waals surface area contributed by atoms with Crippen molar-refractivity contribution >= 4 is 11.8 Å². The molecule has 23 heavy (non-hydrogen) atoms. The van der Waals surface area contributed by atoms with Gasteiger partial charge in [0.2, 0.25) is 6.79 Å². The van der Waals surface area contributed by atoms with E-state index in [1.165, 1.54) is 24.2 Å². The smallest absolute Gasteiger partial charge is 0.231 e. The molecule has 7 heteroatoms. The van der Waals surface area contributed by atoms with Crippen LogP contribution in [0.4, 0.5) is 4.39 Å². The van der Waals surface area contributed by atoms with Gasteiger partial charge in [-0.25, -0.2) is 4.39 Å². The van der Waals surface area contributed by atoms with Crippen LogP contribution >= 0.6 is 11.8 Å². The van der Waals surface area contributed by atoms with Gasteiger partial charge < -0.3 is 9.47 Å². The van der Waals surface area contributed by atoms with Crippen LogP contribution in [0, 0.1) is 5.82 Å². The maximum absolute atomic E-state index is 13.9. The van der Waals surface area contributed by atoms with Crippen LogP contribution in [0.15, 0.2) is 53.9 Å². The maximum Gasteiger partial charge on any atom is 0.231 e. The Hall–Kier alpha value is -2.54. The van der Waals surface area contributed by atoms with E-state index in [1.807, 2.05) is 18.2 Å². The number of halogens is 1. The molecule has 0 radical (unpaired) electrons. The Balaban J connectivity index is 1.54. The van der Waals surface area contributed by atoms with Gasteiger partial charge in [0.15, 0.2) is 16.7 Å². The molecule has 0 spiro atoms. The second-order valence-corrected chi connectivity index (χ2v) is 5.85. The zero-order chi connectivity index (χ0) is 15.6. The van der Waals surface area contributed by atoms with Crippen LogP contribution in [-0.4, -0.2) is 21.6 Å². The van der Waals surface area contributed by atoms with E-state index in [1.54, 1.807) is 22.8 Å². The second kappa shape index (κ2) is 5.92. The van der Waals surface area contributed by atoms with E-state index in [0.29, 0.717) is 16.6 Å². The third kappa shape index (κ3) is 2.75. The number of fused-ring (bicyclic) bond motifs is 1. The van der Waals surface area contributed by atoms with E-state index in [-0.39, 0.29) is 12.6 Å². The Morgan fingerprint density at radius 1 is 1.13 bits per heavy atom. The predicted molar refractivity (Wildman–Crippen MR) is 83.4 cm³/mol. The molecule has 0 N–H and O–H groups in total. The Kier molecular flexibility index (Phi) is 3.63. The number of rotatable bonds is 4. The van der Waals surface area contributed by atoms with Crippen molar-refractivity contribution in [2.24, 2.45) is 0 Å². The molecule has 2 heterocycles. The standard InChI is InChI=1S/C16H12FN3O2S/c17-12-3-1-2-4-13(12)20-9-18-19-16(20)23-8-11-5-6-14-15(7-11)22-10-21-14/h1-7,9H,8,10H2. The number of hydrogen-bond donors (Lipinski definition) is 0. The molecular weight excluding hydrogens is 317 g/mol. The predicted octanol–water partition coefficient (Wildman–Crippen LogP) is 3.43. The van der Waals surface area contributed by atoms with Crippen LogP contribution in [0.25, 0.3) is 5.69 Å². The zero-order valence-corrected chi connectivity index (χ0v) is 12.8. The highest BCUT2D eigenvalue weighted by molar-refractivity contribution is 7.98. The van der Waals surface area contributed by atoms with Crippen molar-refractivity contribution < 1.29 is 13.9 Å². The van der Waals surface area contributed by atoms with Crippen LogP contribution in [0.3, 0.4) is 0 Å². The van der Waals surface area contributed by atoms with Gasteiger partial charge >= 0.3 is 0 Å². The van der Waals surface area contributed by atoms with Crippen LogP contribution in [0.5, 0.6) is 11.5 Å². The van der Waals surface area contributed by atoms with Crippen molar-refractivity contribution in [1.29, 1.82) is 0 Å². The fourth-order valence-corrected chi connectivity index (χ4v) is 3.18. The maximum atomic E-state index is 13.9. The number of ether oxygens (including phenoxy) is 2. The lowest BCUT2D eigenvalue weighted by atomic mass is 10.2. The van der Waals surface area contributed by atoms with Crippen molar-refractivity contribution in [2.45, 2.75) is 10.9 Å². The van der Waals surface area contributed by atoms with Gasteiger partial charge in [-0.1, -0.05) is 30.0 Å². The molecule has 1 aliphatic heterocycles. The first-order valence-corrected chi connectivity index (χ1v) is 7.96. The Morgan fingerprint density at radius 3 is 2.91 bits per heavy atom. The summed E-state index contributed by atoms with van der Waals surface area (Å²) in [5.74, 6) is 1.87. The van der Waals surface area contributed by atoms with Crippen molar-refractivity contribution in [3.63, 3.8) is 0 Å². The summed E-state index contributed by atoms with van der Waals surface area (Å²) in [6.07, 6.45) is 1.51. The lowest BCUT2D eigenvalue weighted by Gasteiger charge is -2.07. The summed E-state index contributed by atoms with van der Waals surface area (Å²) >= 11 is 1.48. The molecule has 0 bridgehead atoms. The fourth-order valence-electron chi connectivity index (χ4n) is 2.31. The summed E-state index contributed by atoms with van der Waals surface area (Å²) in [6, 6.07) is 12.4. The van der Waals surface area contributed by atoms with Gasteiger partial charge in [0.1, 0.15) is 12.1 Å². The van der Waals surface area contributed by atoms with Crippen molar-refractivity contribution in [1.82, 2.24) is 14.8 Å². The molecule has 116 valence electrons. The molecule has 1 aromatic heterocycles. The van der Waals surface area contributed by atoms with Crippen molar-refractivity contribution in [3.05, 3.63) is 60.2 Å². The molecule has 0 atom stereocenters. The normalized spacial score (nSPS) is 12.6. The third-order valence-corrected chi connectivity index (χ3v) is 4.45. The second-order valence-electron chi connectivity index (χ2n) is 4.91. The molecule has 0 aliphatic carbocycles. The minimum absolute atomic E-state index is 0.257. The van der Waals surface area contributed by atoms with Crippen LogP contribution in [0.2, 0.25) is 0 Å². The summed E-state index contributed by atoms with van der Waals surface area (Å²) < 4.78 is 26.2. The SMILES string of the molecule is Fc1ccccc1-n1cnnc1SCc1ccc2c(c1)OCO2. The molecular formula is C16H12FN3O2S. The first-order valence-electron chi connectivity index (χ1n) is 6.97. The number of aromatic nitrogens is 3. The quantitative estimate of drug-likeness (QED) is 0.686. The molecule has 5 nitrogen and oxygen atoms in total. The number of thioether (sulfide) groups is 1. The molecule has 2 aromatic carbocycles. The highest BCUT2D eigenvalue weighted by Gasteiger charge is 2.15. The number of benzene rings is 2. The first-order chi connectivity index (χ1) is 11.3. The number of hydrogen-bond acceptors (Lipinski definition) is 5. The topological polar surface area (TPSA) is 49.2 Å². The van der Waals surface area contributed by atoms with Gasteiger partial charge in [-0.2, -0.15) is 0 Å². The van der Waals surface area contributed by atoms with E-state index >= 15 is 0 Å². The minimum atomic E-state index is -0.308. The molecule has 0 saturated heterocycles. The lowest BCUT2D eigenvalue weighted by molar-refractivity contribution is 0.174. The summed E-state index contributed by atoms with van der Waals surface area (Å²) in [7, 11) is 0. The van der Waals surface area contributed by atoms with Gasteiger partial charge in [0.05, 0.1) is 5.69 Å². The number of para-hydroxylation sites is 1. The molecule has 0 fully saturated rings. The largest absolute Gasteiger partial charge is 0.454 e. The van der Waals surface area contributed by atoms with E-state index < -0.39 is 0 Å².